The molecule has 164 valence electrons. The topological polar surface area (TPSA) is 71.3 Å². The summed E-state index contributed by atoms with van der Waals surface area (Å²) in [6, 6.07) is 10.1. The van der Waals surface area contributed by atoms with Crippen LogP contribution in [0.1, 0.15) is 43.6 Å². The smallest absolute Gasteiger partial charge is 0.191 e. The van der Waals surface area contributed by atoms with Crippen LogP contribution < -0.4 is 20.1 Å². The largest absolute Gasteiger partial charge is 0.493 e. The first-order valence-corrected chi connectivity index (χ1v) is 10.8. The number of hydrogen-bond acceptors (Lipinski definition) is 5. The molecule has 2 aromatic rings. The summed E-state index contributed by atoms with van der Waals surface area (Å²) in [7, 11) is 3.30. The van der Waals surface area contributed by atoms with Gasteiger partial charge in [0, 0.05) is 18.7 Å². The van der Waals surface area contributed by atoms with E-state index in [1.54, 1.807) is 20.5 Å². The van der Waals surface area contributed by atoms with Crippen molar-refractivity contribution in [2.75, 3.05) is 40.4 Å². The maximum atomic E-state index is 5.75. The Morgan fingerprint density at radius 1 is 1.10 bits per heavy atom. The van der Waals surface area contributed by atoms with E-state index in [4.69, 9.17) is 18.9 Å². The Balaban J connectivity index is 1.71. The minimum atomic E-state index is 0.190. The molecule has 7 nitrogen and oxygen atoms in total. The fourth-order valence-corrected chi connectivity index (χ4v) is 3.90. The molecule has 7 heteroatoms. The summed E-state index contributed by atoms with van der Waals surface area (Å²) < 4.78 is 16.7. The van der Waals surface area contributed by atoms with E-state index in [-0.39, 0.29) is 6.04 Å². The highest BCUT2D eigenvalue weighted by Gasteiger charge is 2.24. The predicted octanol–water partition coefficient (Wildman–Crippen LogP) is 3.58. The van der Waals surface area contributed by atoms with Gasteiger partial charge in [-0.15, -0.1) is 0 Å². The number of para-hydroxylation sites is 1. The second-order valence-corrected chi connectivity index (χ2v) is 7.36. The van der Waals surface area contributed by atoms with Gasteiger partial charge in [0.1, 0.15) is 5.76 Å². The Hall–Kier alpha value is -2.67. The van der Waals surface area contributed by atoms with Gasteiger partial charge in [-0.1, -0.05) is 18.6 Å². The quantitative estimate of drug-likeness (QED) is 0.483. The third-order valence-corrected chi connectivity index (χ3v) is 5.40. The number of piperidine rings is 1. The van der Waals surface area contributed by atoms with Gasteiger partial charge in [0.2, 0.25) is 0 Å². The Labute approximate surface area is 179 Å². The first-order valence-electron chi connectivity index (χ1n) is 10.8. The molecule has 1 aliphatic heterocycles. The average Bonchev–Trinajstić information content (AvgIpc) is 3.32. The maximum absolute atomic E-state index is 5.75. The van der Waals surface area contributed by atoms with Gasteiger partial charge in [-0.3, -0.25) is 4.90 Å². The summed E-state index contributed by atoms with van der Waals surface area (Å²) in [6.07, 6.45) is 5.53. The number of methoxy groups -OCH3 is 2. The van der Waals surface area contributed by atoms with Gasteiger partial charge in [0.15, 0.2) is 17.5 Å². The second-order valence-electron chi connectivity index (χ2n) is 7.36. The minimum Gasteiger partial charge on any atom is -0.493 e. The lowest BCUT2D eigenvalue weighted by Gasteiger charge is -2.33. The predicted molar refractivity (Wildman–Crippen MR) is 119 cm³/mol. The third kappa shape index (κ3) is 5.69. The molecule has 1 fully saturated rings. The molecule has 1 aliphatic rings. The van der Waals surface area contributed by atoms with Crippen LogP contribution in [0.25, 0.3) is 0 Å². The van der Waals surface area contributed by atoms with Crippen LogP contribution in [0.5, 0.6) is 11.5 Å². The third-order valence-electron chi connectivity index (χ3n) is 5.40. The standard InChI is InChI=1S/C23H34N4O3/c1-4-24-23(25-16-18-10-8-11-21(28-2)22(18)29-3)26-17-19(20-12-9-15-30-20)27-13-6-5-7-14-27/h8-12,15,19H,4-7,13-14,16-17H2,1-3H3,(H2,24,25,26). The minimum absolute atomic E-state index is 0.190. The summed E-state index contributed by atoms with van der Waals surface area (Å²) >= 11 is 0. The molecule has 2 N–H and O–H groups in total. The molecule has 1 atom stereocenters. The van der Waals surface area contributed by atoms with E-state index in [9.17, 15) is 0 Å². The molecule has 1 aromatic carbocycles. The fraction of sp³-hybridized carbons (Fsp3) is 0.522. The zero-order valence-electron chi connectivity index (χ0n) is 18.3. The van der Waals surface area contributed by atoms with Crippen LogP contribution in [0, 0.1) is 0 Å². The highest BCUT2D eigenvalue weighted by molar-refractivity contribution is 5.79. The lowest BCUT2D eigenvalue weighted by molar-refractivity contribution is 0.146. The van der Waals surface area contributed by atoms with Crippen molar-refractivity contribution in [3.63, 3.8) is 0 Å². The van der Waals surface area contributed by atoms with Crippen LogP contribution in [0.3, 0.4) is 0 Å². The summed E-state index contributed by atoms with van der Waals surface area (Å²) in [5.74, 6) is 3.21. The van der Waals surface area contributed by atoms with Crippen molar-refractivity contribution in [2.24, 2.45) is 4.99 Å². The molecular weight excluding hydrogens is 380 g/mol. The van der Waals surface area contributed by atoms with Gasteiger partial charge >= 0.3 is 0 Å². The molecule has 0 radical (unpaired) electrons. The number of ether oxygens (including phenoxy) is 2. The van der Waals surface area contributed by atoms with E-state index < -0.39 is 0 Å². The monoisotopic (exact) mass is 414 g/mol. The van der Waals surface area contributed by atoms with Crippen molar-refractivity contribution < 1.29 is 13.9 Å². The number of rotatable bonds is 9. The van der Waals surface area contributed by atoms with Crippen molar-refractivity contribution in [1.29, 1.82) is 0 Å². The van der Waals surface area contributed by atoms with Gasteiger partial charge in [-0.05, 0) is 51.1 Å². The number of aliphatic imine (C=N–C) groups is 1. The van der Waals surface area contributed by atoms with Crippen LogP contribution in [0.2, 0.25) is 0 Å². The van der Waals surface area contributed by atoms with Crippen molar-refractivity contribution >= 4 is 5.96 Å². The molecule has 0 aliphatic carbocycles. The maximum Gasteiger partial charge on any atom is 0.191 e. The van der Waals surface area contributed by atoms with Crippen LogP contribution in [-0.2, 0) is 6.54 Å². The molecular formula is C23H34N4O3. The Kier molecular flexibility index (Phi) is 8.44. The molecule has 30 heavy (non-hydrogen) atoms. The molecule has 1 saturated heterocycles. The van der Waals surface area contributed by atoms with Crippen molar-refractivity contribution in [3.8, 4) is 11.5 Å². The van der Waals surface area contributed by atoms with Crippen molar-refractivity contribution in [3.05, 3.63) is 47.9 Å². The first kappa shape index (κ1) is 22.0. The fourth-order valence-electron chi connectivity index (χ4n) is 3.90. The SMILES string of the molecule is CCNC(=NCc1cccc(OC)c1OC)NCC(c1ccco1)N1CCCCC1. The summed E-state index contributed by atoms with van der Waals surface area (Å²) in [6.45, 7) is 6.27. The molecule has 0 saturated carbocycles. The number of likely N-dealkylation sites (tertiary alicyclic amines) is 1. The summed E-state index contributed by atoms with van der Waals surface area (Å²) in [5.41, 5.74) is 0.979. The van der Waals surface area contributed by atoms with E-state index in [1.807, 2.05) is 24.3 Å². The van der Waals surface area contributed by atoms with Gasteiger partial charge in [0.05, 0.1) is 33.1 Å². The van der Waals surface area contributed by atoms with Gasteiger partial charge in [0.25, 0.3) is 0 Å². The van der Waals surface area contributed by atoms with E-state index in [1.165, 1.54) is 19.3 Å². The van der Waals surface area contributed by atoms with Gasteiger partial charge in [-0.25, -0.2) is 4.99 Å². The van der Waals surface area contributed by atoms with Crippen LogP contribution in [0.4, 0.5) is 0 Å². The lowest BCUT2D eigenvalue weighted by atomic mass is 10.1. The highest BCUT2D eigenvalue weighted by Crippen LogP contribution is 2.31. The second kappa shape index (κ2) is 11.5. The number of benzene rings is 1. The average molecular weight is 415 g/mol. The zero-order valence-corrected chi connectivity index (χ0v) is 18.3. The van der Waals surface area contributed by atoms with E-state index in [0.29, 0.717) is 12.3 Å². The van der Waals surface area contributed by atoms with Crippen LogP contribution in [-0.4, -0.2) is 51.3 Å². The zero-order chi connectivity index (χ0) is 21.2. The summed E-state index contributed by atoms with van der Waals surface area (Å²) in [5, 5.41) is 6.85. The van der Waals surface area contributed by atoms with Crippen molar-refractivity contribution in [2.45, 2.75) is 38.8 Å². The number of furan rings is 1. The molecule has 0 bridgehead atoms. The van der Waals surface area contributed by atoms with Crippen molar-refractivity contribution in [1.82, 2.24) is 15.5 Å². The van der Waals surface area contributed by atoms with Gasteiger partial charge < -0.3 is 24.5 Å². The number of guanidine groups is 1. The molecule has 3 rings (SSSR count). The molecule has 1 unspecified atom stereocenters. The number of nitrogens with one attached hydrogen (secondary N) is 2. The normalized spacial score (nSPS) is 16.2. The molecule has 2 heterocycles. The van der Waals surface area contributed by atoms with Crippen LogP contribution in [0.15, 0.2) is 46.0 Å². The van der Waals surface area contributed by atoms with Gasteiger partial charge in [-0.2, -0.15) is 0 Å². The summed E-state index contributed by atoms with van der Waals surface area (Å²) in [4.78, 5) is 7.28. The highest BCUT2D eigenvalue weighted by atomic mass is 16.5. The molecule has 1 aromatic heterocycles. The molecule has 0 spiro atoms. The number of nitrogens with zero attached hydrogens (tertiary/aromatic N) is 2. The van der Waals surface area contributed by atoms with E-state index in [2.05, 4.69) is 28.5 Å². The van der Waals surface area contributed by atoms with E-state index >= 15 is 0 Å². The Bertz CT molecular complexity index is 786. The Morgan fingerprint density at radius 3 is 2.60 bits per heavy atom. The Morgan fingerprint density at radius 2 is 1.93 bits per heavy atom. The lowest BCUT2D eigenvalue weighted by Crippen LogP contribution is -2.44. The van der Waals surface area contributed by atoms with E-state index in [0.717, 1.165) is 49.2 Å². The number of hydrogen-bond donors (Lipinski definition) is 2. The van der Waals surface area contributed by atoms with Crippen LogP contribution >= 0.6 is 0 Å². The first-order chi connectivity index (χ1) is 14.8. The molecule has 0 amide bonds.